The van der Waals surface area contributed by atoms with Crippen LogP contribution in [0.5, 0.6) is 0 Å². The summed E-state index contributed by atoms with van der Waals surface area (Å²) in [7, 11) is -3.43. The molecule has 2 aromatic rings. The van der Waals surface area contributed by atoms with Crippen LogP contribution in [0, 0.1) is 5.92 Å². The third kappa shape index (κ3) is 3.24. The standard InChI is InChI=1S/C18H22N2O3S3/c1-13-4-5-14-15(12-25-16(14)11-13)18(21)19-6-8-20(9-7-19)26(22,23)17-3-2-10-24-17/h2-3,10,12-13H,4-9,11H2,1H3/t13-/m1/s1. The monoisotopic (exact) mass is 410 g/mol. The van der Waals surface area contributed by atoms with E-state index in [1.54, 1.807) is 33.7 Å². The van der Waals surface area contributed by atoms with Crippen LogP contribution in [0.25, 0.3) is 0 Å². The second kappa shape index (κ2) is 7.07. The molecule has 0 spiro atoms. The first-order chi connectivity index (χ1) is 12.5. The molecule has 0 bridgehead atoms. The Morgan fingerprint density at radius 1 is 1.19 bits per heavy atom. The lowest BCUT2D eigenvalue weighted by Crippen LogP contribution is -2.50. The lowest BCUT2D eigenvalue weighted by atomic mass is 9.88. The number of thiophene rings is 2. The summed E-state index contributed by atoms with van der Waals surface area (Å²) < 4.78 is 27.1. The van der Waals surface area contributed by atoms with Crippen molar-refractivity contribution in [2.24, 2.45) is 5.92 Å². The van der Waals surface area contributed by atoms with Gasteiger partial charge in [0.15, 0.2) is 0 Å². The van der Waals surface area contributed by atoms with Crippen LogP contribution < -0.4 is 0 Å². The lowest BCUT2D eigenvalue weighted by Gasteiger charge is -2.34. The molecule has 1 aliphatic carbocycles. The summed E-state index contributed by atoms with van der Waals surface area (Å²) in [4.78, 5) is 16.1. The largest absolute Gasteiger partial charge is 0.336 e. The van der Waals surface area contributed by atoms with E-state index in [1.807, 2.05) is 5.38 Å². The molecular formula is C18H22N2O3S3. The third-order valence-electron chi connectivity index (χ3n) is 5.25. The number of sulfonamides is 1. The zero-order valence-electron chi connectivity index (χ0n) is 14.7. The van der Waals surface area contributed by atoms with Crippen molar-refractivity contribution in [3.63, 3.8) is 0 Å². The van der Waals surface area contributed by atoms with Gasteiger partial charge in [0.2, 0.25) is 0 Å². The van der Waals surface area contributed by atoms with Crippen LogP contribution in [0.1, 0.15) is 34.1 Å². The van der Waals surface area contributed by atoms with Gasteiger partial charge in [-0.2, -0.15) is 4.31 Å². The fourth-order valence-electron chi connectivity index (χ4n) is 3.70. The van der Waals surface area contributed by atoms with Crippen molar-refractivity contribution in [3.05, 3.63) is 38.9 Å². The fourth-order valence-corrected chi connectivity index (χ4v) is 7.50. The van der Waals surface area contributed by atoms with E-state index in [0.717, 1.165) is 24.8 Å². The molecule has 1 saturated heterocycles. The van der Waals surface area contributed by atoms with Gasteiger partial charge in [-0.3, -0.25) is 4.79 Å². The van der Waals surface area contributed by atoms with Gasteiger partial charge >= 0.3 is 0 Å². The second-order valence-corrected chi connectivity index (χ2v) is 11.1. The SMILES string of the molecule is C[C@@H]1CCc2c(C(=O)N3CCN(S(=O)(=O)c4cccs4)CC3)csc2C1. The maximum atomic E-state index is 13.0. The molecule has 1 atom stereocenters. The van der Waals surface area contributed by atoms with Crippen molar-refractivity contribution in [1.82, 2.24) is 9.21 Å². The minimum Gasteiger partial charge on any atom is -0.336 e. The number of piperazine rings is 1. The summed E-state index contributed by atoms with van der Waals surface area (Å²) in [5.41, 5.74) is 2.07. The van der Waals surface area contributed by atoms with Crippen molar-refractivity contribution in [1.29, 1.82) is 0 Å². The van der Waals surface area contributed by atoms with E-state index in [0.29, 0.717) is 36.3 Å². The van der Waals surface area contributed by atoms with Gasteiger partial charge < -0.3 is 4.90 Å². The van der Waals surface area contributed by atoms with Gasteiger partial charge in [0.25, 0.3) is 15.9 Å². The Morgan fingerprint density at radius 3 is 2.65 bits per heavy atom. The van der Waals surface area contributed by atoms with E-state index >= 15 is 0 Å². The smallest absolute Gasteiger partial charge is 0.255 e. The van der Waals surface area contributed by atoms with Crippen molar-refractivity contribution < 1.29 is 13.2 Å². The number of carbonyl (C=O) groups excluding carboxylic acids is 1. The Bertz CT molecular complexity index is 894. The molecule has 5 nitrogen and oxygen atoms in total. The summed E-state index contributed by atoms with van der Waals surface area (Å²) in [6.45, 7) is 3.87. The van der Waals surface area contributed by atoms with Crippen LogP contribution in [-0.2, 0) is 22.9 Å². The zero-order chi connectivity index (χ0) is 18.3. The summed E-state index contributed by atoms with van der Waals surface area (Å²) in [5.74, 6) is 0.750. The molecule has 4 rings (SSSR count). The van der Waals surface area contributed by atoms with Gasteiger partial charge in [-0.1, -0.05) is 13.0 Å². The molecule has 1 aliphatic heterocycles. The third-order valence-corrected chi connectivity index (χ3v) is 9.57. The van der Waals surface area contributed by atoms with Crippen LogP contribution in [0.4, 0.5) is 0 Å². The molecule has 1 amide bonds. The number of carbonyl (C=O) groups is 1. The predicted molar refractivity (Wildman–Crippen MR) is 104 cm³/mol. The first-order valence-electron chi connectivity index (χ1n) is 8.89. The Morgan fingerprint density at radius 2 is 1.96 bits per heavy atom. The summed E-state index contributed by atoms with van der Waals surface area (Å²) in [6.07, 6.45) is 3.19. The average molecular weight is 411 g/mol. The number of hydrogen-bond donors (Lipinski definition) is 0. The minimum atomic E-state index is -3.43. The number of hydrogen-bond acceptors (Lipinski definition) is 5. The fraction of sp³-hybridized carbons (Fsp3) is 0.500. The van der Waals surface area contributed by atoms with Gasteiger partial charge in [-0.15, -0.1) is 22.7 Å². The molecule has 2 aliphatic rings. The van der Waals surface area contributed by atoms with Crippen LogP contribution in [0.2, 0.25) is 0 Å². The highest BCUT2D eigenvalue weighted by atomic mass is 32.2. The molecule has 26 heavy (non-hydrogen) atoms. The second-order valence-electron chi connectivity index (χ2n) is 7.03. The maximum Gasteiger partial charge on any atom is 0.255 e. The van der Waals surface area contributed by atoms with E-state index < -0.39 is 10.0 Å². The van der Waals surface area contributed by atoms with E-state index in [1.165, 1.54) is 26.1 Å². The molecule has 0 radical (unpaired) electrons. The van der Waals surface area contributed by atoms with E-state index in [4.69, 9.17) is 0 Å². The molecule has 140 valence electrons. The molecule has 0 unspecified atom stereocenters. The summed E-state index contributed by atoms with van der Waals surface area (Å²) in [5, 5.41) is 3.77. The average Bonchev–Trinajstić information content (AvgIpc) is 3.31. The van der Waals surface area contributed by atoms with Gasteiger partial charge in [0.1, 0.15) is 4.21 Å². The highest BCUT2D eigenvalue weighted by Gasteiger charge is 2.32. The molecule has 0 saturated carbocycles. The number of amides is 1. The minimum absolute atomic E-state index is 0.0604. The van der Waals surface area contributed by atoms with Crippen LogP contribution in [-0.4, -0.2) is 49.7 Å². The van der Waals surface area contributed by atoms with Gasteiger partial charge in [0.05, 0.1) is 5.56 Å². The van der Waals surface area contributed by atoms with E-state index in [-0.39, 0.29) is 5.91 Å². The number of nitrogens with zero attached hydrogens (tertiary/aromatic N) is 2. The molecular weight excluding hydrogens is 388 g/mol. The zero-order valence-corrected chi connectivity index (χ0v) is 17.1. The summed E-state index contributed by atoms with van der Waals surface area (Å²) in [6, 6.07) is 3.38. The molecule has 3 heterocycles. The molecule has 0 aromatic carbocycles. The molecule has 8 heteroatoms. The topological polar surface area (TPSA) is 57.7 Å². The Kier molecular flexibility index (Phi) is 4.94. The van der Waals surface area contributed by atoms with Crippen LogP contribution in [0.3, 0.4) is 0 Å². The van der Waals surface area contributed by atoms with Crippen LogP contribution in [0.15, 0.2) is 27.1 Å². The number of fused-ring (bicyclic) bond motifs is 1. The van der Waals surface area contributed by atoms with Gasteiger partial charge in [-0.25, -0.2) is 8.42 Å². The normalized spacial score (nSPS) is 21.6. The Balaban J connectivity index is 1.45. The Labute approximate surface area is 162 Å². The van der Waals surface area contributed by atoms with Crippen molar-refractivity contribution in [3.8, 4) is 0 Å². The highest BCUT2D eigenvalue weighted by molar-refractivity contribution is 7.91. The summed E-state index contributed by atoms with van der Waals surface area (Å²) >= 11 is 2.93. The van der Waals surface area contributed by atoms with Crippen molar-refractivity contribution >= 4 is 38.6 Å². The van der Waals surface area contributed by atoms with E-state index in [9.17, 15) is 13.2 Å². The highest BCUT2D eigenvalue weighted by Crippen LogP contribution is 2.33. The van der Waals surface area contributed by atoms with E-state index in [2.05, 4.69) is 6.92 Å². The predicted octanol–water partition coefficient (Wildman–Crippen LogP) is 3.08. The lowest BCUT2D eigenvalue weighted by molar-refractivity contribution is 0.0697. The quantitative estimate of drug-likeness (QED) is 0.781. The molecule has 2 aromatic heterocycles. The Hall–Kier alpha value is -1.22. The maximum absolute atomic E-state index is 13.0. The first-order valence-corrected chi connectivity index (χ1v) is 12.1. The molecule has 1 fully saturated rings. The van der Waals surface area contributed by atoms with Gasteiger partial charge in [-0.05, 0) is 42.2 Å². The first kappa shape index (κ1) is 18.2. The number of rotatable bonds is 3. The molecule has 0 N–H and O–H groups in total. The van der Waals surface area contributed by atoms with Gasteiger partial charge in [0, 0.05) is 36.4 Å². The van der Waals surface area contributed by atoms with Crippen LogP contribution >= 0.6 is 22.7 Å². The van der Waals surface area contributed by atoms with Crippen molar-refractivity contribution in [2.75, 3.05) is 26.2 Å². The van der Waals surface area contributed by atoms with Crippen molar-refractivity contribution in [2.45, 2.75) is 30.4 Å².